The lowest BCUT2D eigenvalue weighted by molar-refractivity contribution is 0.0955. The van der Waals surface area contributed by atoms with Gasteiger partial charge in [-0.1, -0.05) is 37.1 Å². The van der Waals surface area contributed by atoms with Gasteiger partial charge in [0.25, 0.3) is 0 Å². The predicted octanol–water partition coefficient (Wildman–Crippen LogP) is 2.82. The van der Waals surface area contributed by atoms with Crippen molar-refractivity contribution in [3.63, 3.8) is 0 Å². The van der Waals surface area contributed by atoms with Crippen molar-refractivity contribution in [2.45, 2.75) is 44.8 Å². The fourth-order valence-electron chi connectivity index (χ4n) is 3.18. The van der Waals surface area contributed by atoms with E-state index < -0.39 is 6.10 Å². The molecule has 24 heavy (non-hydrogen) atoms. The summed E-state index contributed by atoms with van der Waals surface area (Å²) in [6.07, 6.45) is 3.15. The fourth-order valence-corrected chi connectivity index (χ4v) is 3.18. The van der Waals surface area contributed by atoms with Crippen LogP contribution < -0.4 is 10.6 Å². The molecule has 1 saturated carbocycles. The van der Waals surface area contributed by atoms with Gasteiger partial charge in [0.2, 0.25) is 0 Å². The zero-order chi connectivity index (χ0) is 17.1. The molecule has 2 amide bonds. The summed E-state index contributed by atoms with van der Waals surface area (Å²) in [5, 5.41) is 20.1. The highest BCUT2D eigenvalue weighted by molar-refractivity contribution is 5.89. The highest BCUT2D eigenvalue weighted by Gasteiger charge is 2.24. The van der Waals surface area contributed by atoms with Crippen LogP contribution in [0.25, 0.3) is 11.3 Å². The second kappa shape index (κ2) is 7.05. The number of urea groups is 1. The van der Waals surface area contributed by atoms with Crippen LogP contribution in [0.4, 0.5) is 10.6 Å². The van der Waals surface area contributed by atoms with Crippen LogP contribution in [-0.4, -0.2) is 33.1 Å². The number of nitrogens with zero attached hydrogens (tertiary/aromatic N) is 2. The van der Waals surface area contributed by atoms with Gasteiger partial charge in [0.15, 0.2) is 0 Å². The standard InChI is InChI=1S/C18H24N4O2/c1-12-7-3-4-8-13(12)15-11-17(22(2)21-15)20-18(24)19-14-9-5-6-10-16(14)23/h3-4,7-8,11,14,16,23H,5-6,9-10H2,1-2H3,(H2,19,20,24)/t14-,16+/m1/s1. The van der Waals surface area contributed by atoms with E-state index in [1.807, 2.05) is 37.3 Å². The topological polar surface area (TPSA) is 79.2 Å². The summed E-state index contributed by atoms with van der Waals surface area (Å²) in [4.78, 5) is 12.2. The molecule has 1 aliphatic carbocycles. The zero-order valence-electron chi connectivity index (χ0n) is 14.1. The number of benzene rings is 1. The van der Waals surface area contributed by atoms with E-state index in [0.717, 1.165) is 42.5 Å². The molecule has 3 rings (SSSR count). The lowest BCUT2D eigenvalue weighted by Gasteiger charge is -2.28. The van der Waals surface area contributed by atoms with Crippen molar-refractivity contribution in [2.75, 3.05) is 5.32 Å². The van der Waals surface area contributed by atoms with Crippen LogP contribution in [-0.2, 0) is 7.05 Å². The summed E-state index contributed by atoms with van der Waals surface area (Å²) >= 11 is 0. The van der Waals surface area contributed by atoms with Crippen LogP contribution in [0.3, 0.4) is 0 Å². The lowest BCUT2D eigenvalue weighted by atomic mass is 9.93. The van der Waals surface area contributed by atoms with Crippen LogP contribution in [0.1, 0.15) is 31.2 Å². The molecule has 6 nitrogen and oxygen atoms in total. The summed E-state index contributed by atoms with van der Waals surface area (Å²) < 4.78 is 1.65. The number of anilines is 1. The smallest absolute Gasteiger partial charge is 0.320 e. The average molecular weight is 328 g/mol. The van der Waals surface area contributed by atoms with Gasteiger partial charge in [-0.3, -0.25) is 10.00 Å². The first-order chi connectivity index (χ1) is 11.5. The Morgan fingerprint density at radius 1 is 1.29 bits per heavy atom. The average Bonchev–Trinajstić information content (AvgIpc) is 2.90. The van der Waals surface area contributed by atoms with E-state index in [1.165, 1.54) is 0 Å². The van der Waals surface area contributed by atoms with E-state index in [2.05, 4.69) is 15.7 Å². The van der Waals surface area contributed by atoms with Crippen molar-refractivity contribution in [2.24, 2.45) is 7.05 Å². The molecule has 2 atom stereocenters. The van der Waals surface area contributed by atoms with Gasteiger partial charge in [0.05, 0.1) is 17.8 Å². The number of aryl methyl sites for hydroxylation is 2. The van der Waals surface area contributed by atoms with Gasteiger partial charge < -0.3 is 10.4 Å². The second-order valence-electron chi connectivity index (χ2n) is 6.41. The molecule has 0 unspecified atom stereocenters. The summed E-state index contributed by atoms with van der Waals surface area (Å²) in [5.74, 6) is 0.621. The van der Waals surface area contributed by atoms with E-state index >= 15 is 0 Å². The molecule has 0 aliphatic heterocycles. The number of aliphatic hydroxyl groups is 1. The third kappa shape index (κ3) is 3.59. The van der Waals surface area contributed by atoms with Crippen LogP contribution in [0, 0.1) is 6.92 Å². The lowest BCUT2D eigenvalue weighted by Crippen LogP contribution is -2.46. The summed E-state index contributed by atoms with van der Waals surface area (Å²) in [6, 6.07) is 9.39. The highest BCUT2D eigenvalue weighted by Crippen LogP contribution is 2.24. The predicted molar refractivity (Wildman–Crippen MR) is 93.8 cm³/mol. The van der Waals surface area contributed by atoms with E-state index in [-0.39, 0.29) is 12.1 Å². The Bertz CT molecular complexity index is 726. The Morgan fingerprint density at radius 2 is 2.04 bits per heavy atom. The zero-order valence-corrected chi connectivity index (χ0v) is 14.1. The molecule has 0 radical (unpaired) electrons. The first-order valence-corrected chi connectivity index (χ1v) is 8.40. The minimum atomic E-state index is -0.460. The van der Waals surface area contributed by atoms with Gasteiger partial charge in [-0.15, -0.1) is 0 Å². The van der Waals surface area contributed by atoms with Crippen molar-refractivity contribution >= 4 is 11.8 Å². The van der Waals surface area contributed by atoms with E-state index in [9.17, 15) is 9.90 Å². The fraction of sp³-hybridized carbons (Fsp3) is 0.444. The molecular formula is C18H24N4O2. The van der Waals surface area contributed by atoms with E-state index in [1.54, 1.807) is 11.7 Å². The first kappa shape index (κ1) is 16.5. The maximum atomic E-state index is 12.2. The molecule has 1 aliphatic rings. The SMILES string of the molecule is Cc1ccccc1-c1cc(NC(=O)N[C@@H]2CCCC[C@@H]2O)n(C)n1. The molecule has 2 aromatic rings. The molecule has 128 valence electrons. The van der Waals surface area contributed by atoms with Gasteiger partial charge in [-0.05, 0) is 25.3 Å². The van der Waals surface area contributed by atoms with Crippen molar-refractivity contribution in [3.8, 4) is 11.3 Å². The first-order valence-electron chi connectivity index (χ1n) is 8.40. The number of rotatable bonds is 3. The summed E-state index contributed by atoms with van der Waals surface area (Å²) in [7, 11) is 1.80. The van der Waals surface area contributed by atoms with Gasteiger partial charge in [0.1, 0.15) is 5.82 Å². The monoisotopic (exact) mass is 328 g/mol. The number of amides is 2. The Labute approximate surface area is 141 Å². The number of nitrogens with one attached hydrogen (secondary N) is 2. The van der Waals surface area contributed by atoms with E-state index in [0.29, 0.717) is 5.82 Å². The number of carbonyl (C=O) groups excluding carboxylic acids is 1. The Hall–Kier alpha value is -2.34. The highest BCUT2D eigenvalue weighted by atomic mass is 16.3. The normalized spacial score (nSPS) is 20.6. The second-order valence-corrected chi connectivity index (χ2v) is 6.41. The van der Waals surface area contributed by atoms with Crippen LogP contribution in [0.15, 0.2) is 30.3 Å². The Kier molecular flexibility index (Phi) is 4.85. The van der Waals surface area contributed by atoms with Crippen LogP contribution >= 0.6 is 0 Å². The minimum Gasteiger partial charge on any atom is -0.391 e. The molecule has 1 heterocycles. The van der Waals surface area contributed by atoms with Crippen LogP contribution in [0.2, 0.25) is 0 Å². The molecule has 0 spiro atoms. The van der Waals surface area contributed by atoms with Crippen molar-refractivity contribution in [1.82, 2.24) is 15.1 Å². The largest absolute Gasteiger partial charge is 0.391 e. The minimum absolute atomic E-state index is 0.178. The van der Waals surface area contributed by atoms with Crippen molar-refractivity contribution in [1.29, 1.82) is 0 Å². The van der Waals surface area contributed by atoms with Crippen molar-refractivity contribution in [3.05, 3.63) is 35.9 Å². The maximum Gasteiger partial charge on any atom is 0.320 e. The summed E-state index contributed by atoms with van der Waals surface area (Å²) in [6.45, 7) is 2.04. The Balaban J connectivity index is 1.69. The van der Waals surface area contributed by atoms with Crippen molar-refractivity contribution < 1.29 is 9.90 Å². The molecule has 1 fully saturated rings. The molecule has 1 aromatic carbocycles. The van der Waals surface area contributed by atoms with E-state index in [4.69, 9.17) is 0 Å². The number of hydrogen-bond acceptors (Lipinski definition) is 3. The van der Waals surface area contributed by atoms with Gasteiger partial charge in [-0.25, -0.2) is 4.79 Å². The number of carbonyl (C=O) groups is 1. The molecule has 0 saturated heterocycles. The third-order valence-corrected chi connectivity index (χ3v) is 4.59. The van der Waals surface area contributed by atoms with Gasteiger partial charge in [0, 0.05) is 18.7 Å². The number of hydrogen-bond donors (Lipinski definition) is 3. The van der Waals surface area contributed by atoms with Crippen LogP contribution in [0.5, 0.6) is 0 Å². The maximum absolute atomic E-state index is 12.2. The van der Waals surface area contributed by atoms with Gasteiger partial charge >= 0.3 is 6.03 Å². The summed E-state index contributed by atoms with van der Waals surface area (Å²) in [5.41, 5.74) is 3.00. The molecule has 0 bridgehead atoms. The molecule has 6 heteroatoms. The Morgan fingerprint density at radius 3 is 2.79 bits per heavy atom. The molecule has 1 aromatic heterocycles. The third-order valence-electron chi connectivity index (χ3n) is 4.59. The molecule has 3 N–H and O–H groups in total. The quantitative estimate of drug-likeness (QED) is 0.810. The van der Waals surface area contributed by atoms with Gasteiger partial charge in [-0.2, -0.15) is 5.10 Å². The number of aliphatic hydroxyl groups excluding tert-OH is 1. The molecular weight excluding hydrogens is 304 g/mol. The number of aromatic nitrogens is 2.